The first kappa shape index (κ1) is 21.3. The Hall–Kier alpha value is -2.90. The summed E-state index contributed by atoms with van der Waals surface area (Å²) < 4.78 is 33.0. The number of amides is 1. The van der Waals surface area contributed by atoms with Crippen LogP contribution in [0.25, 0.3) is 10.8 Å². The third kappa shape index (κ3) is 4.16. The molecule has 0 spiro atoms. The topological polar surface area (TPSA) is 66.9 Å². The second kappa shape index (κ2) is 8.69. The van der Waals surface area contributed by atoms with E-state index in [-0.39, 0.29) is 12.5 Å². The molecule has 1 aliphatic rings. The minimum absolute atomic E-state index is 0.0894. The highest BCUT2D eigenvalue weighted by Gasteiger charge is 2.29. The third-order valence-corrected chi connectivity index (χ3v) is 7.65. The number of fused-ring (bicyclic) bond motifs is 1. The highest BCUT2D eigenvalue weighted by molar-refractivity contribution is 7.89. The summed E-state index contributed by atoms with van der Waals surface area (Å²) in [5.74, 6) is 0.631. The molecule has 3 aromatic rings. The zero-order chi connectivity index (χ0) is 22.0. The lowest BCUT2D eigenvalue weighted by molar-refractivity contribution is 0.0766. The number of hydrogen-bond acceptors (Lipinski definition) is 4. The molecule has 1 aliphatic heterocycles. The fraction of sp³-hybridized carbons (Fsp3) is 0.292. The number of hydrogen-bond donors (Lipinski definition) is 0. The number of carbonyl (C=O) groups is 1. The van der Waals surface area contributed by atoms with E-state index < -0.39 is 10.0 Å². The van der Waals surface area contributed by atoms with Gasteiger partial charge >= 0.3 is 0 Å². The maximum absolute atomic E-state index is 13.3. The molecule has 1 heterocycles. The molecule has 1 fully saturated rings. The van der Waals surface area contributed by atoms with Gasteiger partial charge in [0.25, 0.3) is 5.91 Å². The standard InChI is InChI=1S/C24H26N2O4S/c1-18-8-10-19(11-9-18)31(28,29)26-15-5-14-25(16-17-26)24(27)22-12-13-23(30-2)21-7-4-3-6-20(21)22/h3-4,6-13H,5,14-17H2,1-2H3. The molecule has 7 heteroatoms. The van der Waals surface area contributed by atoms with Gasteiger partial charge in [0, 0.05) is 37.1 Å². The van der Waals surface area contributed by atoms with Crippen molar-refractivity contribution in [3.8, 4) is 5.75 Å². The van der Waals surface area contributed by atoms with Gasteiger partial charge < -0.3 is 9.64 Å². The van der Waals surface area contributed by atoms with Crippen LogP contribution in [0.4, 0.5) is 0 Å². The lowest BCUT2D eigenvalue weighted by Crippen LogP contribution is -2.37. The number of carbonyl (C=O) groups excluding carboxylic acids is 1. The number of aryl methyl sites for hydroxylation is 1. The second-order valence-corrected chi connectivity index (χ2v) is 9.66. The monoisotopic (exact) mass is 438 g/mol. The van der Waals surface area contributed by atoms with Crippen LogP contribution in [-0.4, -0.2) is 56.8 Å². The fourth-order valence-electron chi connectivity index (χ4n) is 4.00. The van der Waals surface area contributed by atoms with Crippen LogP contribution in [0.2, 0.25) is 0 Å². The van der Waals surface area contributed by atoms with E-state index in [4.69, 9.17) is 4.74 Å². The van der Waals surface area contributed by atoms with E-state index in [2.05, 4.69) is 0 Å². The van der Waals surface area contributed by atoms with Gasteiger partial charge in [-0.1, -0.05) is 42.0 Å². The van der Waals surface area contributed by atoms with Gasteiger partial charge in [-0.3, -0.25) is 4.79 Å². The van der Waals surface area contributed by atoms with Crippen molar-refractivity contribution in [2.45, 2.75) is 18.2 Å². The SMILES string of the molecule is COc1ccc(C(=O)N2CCCN(S(=O)(=O)c3ccc(C)cc3)CC2)c2ccccc12. The van der Waals surface area contributed by atoms with Crippen LogP contribution in [0.3, 0.4) is 0 Å². The van der Waals surface area contributed by atoms with Crippen molar-refractivity contribution in [1.29, 1.82) is 0 Å². The third-order valence-electron chi connectivity index (χ3n) is 5.74. The summed E-state index contributed by atoms with van der Waals surface area (Å²) in [5.41, 5.74) is 1.62. The van der Waals surface area contributed by atoms with Gasteiger partial charge in [-0.05, 0) is 43.0 Å². The normalized spacial score (nSPS) is 15.6. The van der Waals surface area contributed by atoms with Gasteiger partial charge in [0.2, 0.25) is 10.0 Å². The molecule has 1 saturated heterocycles. The van der Waals surface area contributed by atoms with Gasteiger partial charge in [0.05, 0.1) is 12.0 Å². The van der Waals surface area contributed by atoms with Gasteiger partial charge in [0.1, 0.15) is 5.75 Å². The predicted molar refractivity (Wildman–Crippen MR) is 121 cm³/mol. The van der Waals surface area contributed by atoms with Crippen molar-refractivity contribution in [2.24, 2.45) is 0 Å². The van der Waals surface area contributed by atoms with E-state index in [1.54, 1.807) is 42.3 Å². The quantitative estimate of drug-likeness (QED) is 0.623. The molecule has 3 aromatic carbocycles. The first-order valence-corrected chi connectivity index (χ1v) is 11.8. The maximum Gasteiger partial charge on any atom is 0.254 e. The fourth-order valence-corrected chi connectivity index (χ4v) is 5.47. The summed E-state index contributed by atoms with van der Waals surface area (Å²) in [5, 5.41) is 1.72. The molecule has 0 unspecified atom stereocenters. The van der Waals surface area contributed by atoms with E-state index in [0.29, 0.717) is 36.5 Å². The van der Waals surface area contributed by atoms with Gasteiger partial charge in [0.15, 0.2) is 0 Å². The van der Waals surface area contributed by atoms with Crippen LogP contribution in [0.5, 0.6) is 5.75 Å². The first-order chi connectivity index (χ1) is 14.9. The maximum atomic E-state index is 13.3. The molecule has 0 saturated carbocycles. The Morgan fingerprint density at radius 2 is 1.58 bits per heavy atom. The van der Waals surface area contributed by atoms with Crippen LogP contribution >= 0.6 is 0 Å². The highest BCUT2D eigenvalue weighted by Crippen LogP contribution is 2.29. The van der Waals surface area contributed by atoms with Gasteiger partial charge in [-0.25, -0.2) is 8.42 Å². The van der Waals surface area contributed by atoms with Gasteiger partial charge in [-0.15, -0.1) is 0 Å². The molecule has 0 aliphatic carbocycles. The Labute approximate surface area is 183 Å². The van der Waals surface area contributed by atoms with Crippen molar-refractivity contribution in [3.05, 3.63) is 71.8 Å². The number of benzene rings is 3. The van der Waals surface area contributed by atoms with Crippen LogP contribution < -0.4 is 4.74 Å². The van der Waals surface area contributed by atoms with E-state index in [1.165, 1.54) is 4.31 Å². The number of methoxy groups -OCH3 is 1. The molecule has 31 heavy (non-hydrogen) atoms. The van der Waals surface area contributed by atoms with Crippen LogP contribution in [0.1, 0.15) is 22.3 Å². The summed E-state index contributed by atoms with van der Waals surface area (Å²) in [6.07, 6.45) is 0.588. The lowest BCUT2D eigenvalue weighted by atomic mass is 10.0. The number of sulfonamides is 1. The molecule has 0 N–H and O–H groups in total. The van der Waals surface area contributed by atoms with Crippen LogP contribution in [-0.2, 0) is 10.0 Å². The molecule has 1 amide bonds. The summed E-state index contributed by atoms with van der Waals surface area (Å²) >= 11 is 0. The zero-order valence-corrected chi connectivity index (χ0v) is 18.6. The van der Waals surface area contributed by atoms with E-state index in [9.17, 15) is 13.2 Å². The van der Waals surface area contributed by atoms with Crippen molar-refractivity contribution < 1.29 is 17.9 Å². The van der Waals surface area contributed by atoms with E-state index in [0.717, 1.165) is 22.1 Å². The minimum Gasteiger partial charge on any atom is -0.496 e. The van der Waals surface area contributed by atoms with Gasteiger partial charge in [-0.2, -0.15) is 4.31 Å². The Kier molecular flexibility index (Phi) is 5.98. The number of rotatable bonds is 4. The Balaban J connectivity index is 1.56. The number of ether oxygens (including phenoxy) is 1. The highest BCUT2D eigenvalue weighted by atomic mass is 32.2. The zero-order valence-electron chi connectivity index (χ0n) is 17.7. The molecule has 0 radical (unpaired) electrons. The van der Waals surface area contributed by atoms with Crippen molar-refractivity contribution in [1.82, 2.24) is 9.21 Å². The molecule has 4 rings (SSSR count). The molecule has 162 valence electrons. The number of nitrogens with zero attached hydrogens (tertiary/aromatic N) is 2. The second-order valence-electron chi connectivity index (χ2n) is 7.72. The van der Waals surface area contributed by atoms with Crippen molar-refractivity contribution in [2.75, 3.05) is 33.3 Å². The summed E-state index contributed by atoms with van der Waals surface area (Å²) in [6.45, 7) is 3.46. The van der Waals surface area contributed by atoms with Crippen molar-refractivity contribution in [3.63, 3.8) is 0 Å². The Morgan fingerprint density at radius 1 is 0.871 bits per heavy atom. The predicted octanol–water partition coefficient (Wildman–Crippen LogP) is 3.69. The summed E-state index contributed by atoms with van der Waals surface area (Å²) in [7, 11) is -1.97. The van der Waals surface area contributed by atoms with E-state index >= 15 is 0 Å². The van der Waals surface area contributed by atoms with Crippen LogP contribution in [0.15, 0.2) is 65.6 Å². The average Bonchev–Trinajstić information content (AvgIpc) is 3.05. The van der Waals surface area contributed by atoms with Crippen molar-refractivity contribution >= 4 is 26.7 Å². The Bertz CT molecular complexity index is 1210. The molecule has 6 nitrogen and oxygen atoms in total. The average molecular weight is 439 g/mol. The smallest absolute Gasteiger partial charge is 0.254 e. The Morgan fingerprint density at radius 3 is 2.29 bits per heavy atom. The summed E-state index contributed by atoms with van der Waals surface area (Å²) in [6, 6.07) is 18.1. The molecule has 0 bridgehead atoms. The molecular formula is C24H26N2O4S. The summed E-state index contributed by atoms with van der Waals surface area (Å²) in [4.78, 5) is 15.4. The van der Waals surface area contributed by atoms with Crippen LogP contribution in [0, 0.1) is 6.92 Å². The molecule has 0 aromatic heterocycles. The van der Waals surface area contributed by atoms with E-state index in [1.807, 2.05) is 37.3 Å². The minimum atomic E-state index is -3.58. The first-order valence-electron chi connectivity index (χ1n) is 10.3. The lowest BCUT2D eigenvalue weighted by Gasteiger charge is -2.23. The molecular weight excluding hydrogens is 412 g/mol. The largest absolute Gasteiger partial charge is 0.496 e. The molecule has 0 atom stereocenters.